The fraction of sp³-hybridized carbons (Fsp3) is 0.167. The van der Waals surface area contributed by atoms with E-state index in [1.54, 1.807) is 30.3 Å². The third kappa shape index (κ3) is 2.52. The van der Waals surface area contributed by atoms with E-state index in [-0.39, 0.29) is 22.7 Å². The molecule has 1 N–H and O–H groups in total. The van der Waals surface area contributed by atoms with Crippen LogP contribution in [0.4, 0.5) is 0 Å². The van der Waals surface area contributed by atoms with Crippen LogP contribution in [0.1, 0.15) is 0 Å². The van der Waals surface area contributed by atoms with Gasteiger partial charge in [0.1, 0.15) is 11.3 Å². The molecule has 0 bridgehead atoms. The Morgan fingerprint density at radius 2 is 1.75 bits per heavy atom. The number of rotatable bonds is 4. The van der Waals surface area contributed by atoms with E-state index in [0.717, 1.165) is 0 Å². The van der Waals surface area contributed by atoms with Crippen LogP contribution in [0.2, 0.25) is 0 Å². The summed E-state index contributed by atoms with van der Waals surface area (Å²) in [6.07, 6.45) is 0. The molecule has 0 unspecified atom stereocenters. The molecule has 0 aliphatic rings. The molecule has 2 aromatic carbocycles. The highest BCUT2D eigenvalue weighted by Gasteiger charge is 2.18. The Hall–Kier alpha value is -3.15. The van der Waals surface area contributed by atoms with Crippen molar-refractivity contribution in [2.24, 2.45) is 0 Å². The first-order valence-electron chi connectivity index (χ1n) is 7.15. The van der Waals surface area contributed by atoms with Gasteiger partial charge in [0.25, 0.3) is 0 Å². The summed E-state index contributed by atoms with van der Waals surface area (Å²) in [5.41, 5.74) is 0.559. The van der Waals surface area contributed by atoms with Crippen LogP contribution >= 0.6 is 0 Å². The molecular weight excluding hydrogens is 312 g/mol. The molecule has 0 amide bonds. The number of ether oxygens (including phenoxy) is 3. The maximum Gasteiger partial charge on any atom is 0.235 e. The molecule has 0 spiro atoms. The Balaban J connectivity index is 2.30. The molecule has 0 radical (unpaired) electrons. The molecule has 3 rings (SSSR count). The molecule has 0 aliphatic heterocycles. The highest BCUT2D eigenvalue weighted by Crippen LogP contribution is 2.36. The van der Waals surface area contributed by atoms with E-state index < -0.39 is 0 Å². The third-order valence-corrected chi connectivity index (χ3v) is 3.70. The van der Waals surface area contributed by atoms with Crippen molar-refractivity contribution in [1.29, 1.82) is 0 Å². The molecule has 0 saturated heterocycles. The number of methoxy groups -OCH3 is 3. The first kappa shape index (κ1) is 15.7. The highest BCUT2D eigenvalue weighted by molar-refractivity contribution is 5.83. The predicted molar refractivity (Wildman–Crippen MR) is 89.2 cm³/mol. The number of fused-ring (bicyclic) bond motifs is 1. The van der Waals surface area contributed by atoms with Crippen molar-refractivity contribution in [3.8, 4) is 34.3 Å². The largest absolute Gasteiger partial charge is 0.504 e. The molecule has 6 heteroatoms. The normalized spacial score (nSPS) is 10.6. The maximum atomic E-state index is 12.6. The fourth-order valence-electron chi connectivity index (χ4n) is 2.49. The molecule has 0 saturated carbocycles. The van der Waals surface area contributed by atoms with Gasteiger partial charge in [0.15, 0.2) is 17.3 Å². The minimum Gasteiger partial charge on any atom is -0.504 e. The minimum absolute atomic E-state index is 0.0644. The van der Waals surface area contributed by atoms with Crippen LogP contribution in [-0.4, -0.2) is 26.4 Å². The zero-order chi connectivity index (χ0) is 17.3. The summed E-state index contributed by atoms with van der Waals surface area (Å²) >= 11 is 0. The lowest BCUT2D eigenvalue weighted by Crippen LogP contribution is -2.07. The van der Waals surface area contributed by atoms with Crippen molar-refractivity contribution in [3.63, 3.8) is 0 Å². The fourth-order valence-corrected chi connectivity index (χ4v) is 2.49. The van der Waals surface area contributed by atoms with E-state index in [9.17, 15) is 9.90 Å². The van der Waals surface area contributed by atoms with Gasteiger partial charge in [0.2, 0.25) is 11.2 Å². The first-order chi connectivity index (χ1) is 11.6. The summed E-state index contributed by atoms with van der Waals surface area (Å²) in [6.45, 7) is 0. The smallest absolute Gasteiger partial charge is 0.235 e. The number of phenols is 1. The van der Waals surface area contributed by atoms with Crippen molar-refractivity contribution in [2.75, 3.05) is 21.3 Å². The lowest BCUT2D eigenvalue weighted by molar-refractivity contribution is 0.373. The molecule has 0 atom stereocenters. The Bertz CT molecular complexity index is 958. The van der Waals surface area contributed by atoms with Gasteiger partial charge in [0, 0.05) is 11.6 Å². The van der Waals surface area contributed by atoms with Crippen LogP contribution in [0.15, 0.2) is 45.6 Å². The van der Waals surface area contributed by atoms with E-state index in [4.69, 9.17) is 18.6 Å². The molecule has 0 fully saturated rings. The second kappa shape index (κ2) is 6.16. The summed E-state index contributed by atoms with van der Waals surface area (Å²) in [5.74, 6) is 1.12. The summed E-state index contributed by atoms with van der Waals surface area (Å²) < 4.78 is 21.3. The van der Waals surface area contributed by atoms with E-state index >= 15 is 0 Å². The van der Waals surface area contributed by atoms with E-state index in [0.29, 0.717) is 28.0 Å². The molecule has 3 aromatic rings. The van der Waals surface area contributed by atoms with E-state index in [1.165, 1.54) is 27.4 Å². The molecule has 24 heavy (non-hydrogen) atoms. The minimum atomic E-state index is -0.299. The zero-order valence-corrected chi connectivity index (χ0v) is 13.5. The lowest BCUT2D eigenvalue weighted by atomic mass is 10.1. The number of aromatic hydroxyl groups is 1. The number of hydrogen-bond acceptors (Lipinski definition) is 6. The average molecular weight is 328 g/mol. The number of benzene rings is 2. The molecule has 0 aliphatic carbocycles. The van der Waals surface area contributed by atoms with Crippen molar-refractivity contribution < 1.29 is 23.7 Å². The van der Waals surface area contributed by atoms with Crippen LogP contribution in [-0.2, 0) is 0 Å². The summed E-state index contributed by atoms with van der Waals surface area (Å²) in [6, 6.07) is 9.63. The Labute approximate surface area is 137 Å². The Morgan fingerprint density at radius 3 is 2.38 bits per heavy atom. The second-order valence-corrected chi connectivity index (χ2v) is 5.04. The Morgan fingerprint density at radius 1 is 0.958 bits per heavy atom. The van der Waals surface area contributed by atoms with Crippen LogP contribution < -0.4 is 19.6 Å². The van der Waals surface area contributed by atoms with Gasteiger partial charge in [-0.15, -0.1) is 0 Å². The van der Waals surface area contributed by atoms with Gasteiger partial charge in [-0.25, -0.2) is 0 Å². The van der Waals surface area contributed by atoms with Gasteiger partial charge in [-0.05, 0) is 30.3 Å². The van der Waals surface area contributed by atoms with Crippen LogP contribution in [0.25, 0.3) is 22.3 Å². The summed E-state index contributed by atoms with van der Waals surface area (Å²) in [4.78, 5) is 12.6. The van der Waals surface area contributed by atoms with Crippen LogP contribution in [0.3, 0.4) is 0 Å². The molecule has 1 aromatic heterocycles. The maximum absolute atomic E-state index is 12.6. The van der Waals surface area contributed by atoms with Gasteiger partial charge in [-0.1, -0.05) is 0 Å². The van der Waals surface area contributed by atoms with Gasteiger partial charge in [-0.3, -0.25) is 4.79 Å². The van der Waals surface area contributed by atoms with Gasteiger partial charge < -0.3 is 23.7 Å². The zero-order valence-electron chi connectivity index (χ0n) is 13.5. The molecule has 6 nitrogen and oxygen atoms in total. The van der Waals surface area contributed by atoms with Crippen molar-refractivity contribution in [1.82, 2.24) is 0 Å². The number of phenolic OH excluding ortho intramolecular Hbond substituents is 1. The van der Waals surface area contributed by atoms with Gasteiger partial charge >= 0.3 is 0 Å². The van der Waals surface area contributed by atoms with E-state index in [2.05, 4.69) is 0 Å². The second-order valence-electron chi connectivity index (χ2n) is 5.04. The quantitative estimate of drug-likeness (QED) is 0.792. The van der Waals surface area contributed by atoms with Gasteiger partial charge in [0.05, 0.1) is 26.7 Å². The summed E-state index contributed by atoms with van der Waals surface area (Å²) in [7, 11) is 4.39. The predicted octanol–water partition coefficient (Wildman–Crippen LogP) is 3.19. The highest BCUT2D eigenvalue weighted by atomic mass is 16.5. The molecule has 124 valence electrons. The van der Waals surface area contributed by atoms with Crippen LogP contribution in [0.5, 0.6) is 23.0 Å². The van der Waals surface area contributed by atoms with Crippen molar-refractivity contribution >= 4 is 11.0 Å². The monoisotopic (exact) mass is 328 g/mol. The first-order valence-corrected chi connectivity index (χ1v) is 7.15. The topological polar surface area (TPSA) is 78.1 Å². The van der Waals surface area contributed by atoms with Crippen LogP contribution in [0, 0.1) is 0 Å². The van der Waals surface area contributed by atoms with Gasteiger partial charge in [-0.2, -0.15) is 0 Å². The summed E-state index contributed by atoms with van der Waals surface area (Å²) in [5, 5.41) is 10.4. The number of hydrogen-bond donors (Lipinski definition) is 1. The van der Waals surface area contributed by atoms with Crippen molar-refractivity contribution in [3.05, 3.63) is 46.6 Å². The van der Waals surface area contributed by atoms with Crippen molar-refractivity contribution in [2.45, 2.75) is 0 Å². The lowest BCUT2D eigenvalue weighted by Gasteiger charge is -2.11. The molecule has 1 heterocycles. The Kier molecular flexibility index (Phi) is 4.04. The SMILES string of the molecule is COc1ccc2c(=O)c(OC)c(-c3ccc(OC)c(O)c3)oc2c1. The molecular formula is C18H16O6. The standard InChI is InChI=1S/C18H16O6/c1-21-11-5-6-12-15(9-11)24-17(18(23-3)16(12)20)10-4-7-14(22-2)13(19)8-10/h4-9,19H,1-3H3. The van der Waals surface area contributed by atoms with E-state index in [1.807, 2.05) is 0 Å². The average Bonchev–Trinajstić information content (AvgIpc) is 2.61. The third-order valence-electron chi connectivity index (χ3n) is 3.70.